The van der Waals surface area contributed by atoms with Crippen molar-refractivity contribution in [2.45, 2.75) is 51.2 Å². The molecule has 2 unspecified atom stereocenters. The lowest BCUT2D eigenvalue weighted by molar-refractivity contribution is 0.0211. The second-order valence-electron chi connectivity index (χ2n) is 5.63. The standard InChI is InChI=1S/C8H17NO.C6H13NO/c1-8-5-3-4-6-9(8)7-10-2;1-7-4-2-3-6(8)5-7/h8H,3-7H2,1-2H3;6,8H,2-5H2,1H3. The number of likely N-dealkylation sites (N-methyl/N-ethyl adjacent to an activating group) is 1. The number of nitrogens with zero attached hydrogens (tertiary/aromatic N) is 2. The summed E-state index contributed by atoms with van der Waals surface area (Å²) in [6.07, 6.45) is 6.15. The van der Waals surface area contributed by atoms with Gasteiger partial charge in [-0.1, -0.05) is 6.42 Å². The van der Waals surface area contributed by atoms with Gasteiger partial charge in [0.25, 0.3) is 0 Å². The molecule has 0 spiro atoms. The van der Waals surface area contributed by atoms with Crippen LogP contribution in [-0.4, -0.2) is 67.6 Å². The summed E-state index contributed by atoms with van der Waals surface area (Å²) in [5, 5.41) is 9.04. The molecule has 4 nitrogen and oxygen atoms in total. The van der Waals surface area contributed by atoms with Crippen molar-refractivity contribution in [3.63, 3.8) is 0 Å². The molecule has 1 N–H and O–H groups in total. The van der Waals surface area contributed by atoms with Gasteiger partial charge >= 0.3 is 0 Å². The Morgan fingerprint density at radius 1 is 1.17 bits per heavy atom. The molecule has 108 valence electrons. The highest BCUT2D eigenvalue weighted by atomic mass is 16.5. The molecule has 0 aromatic carbocycles. The maximum Gasteiger partial charge on any atom is 0.0988 e. The predicted octanol–water partition coefficient (Wildman–Crippen LogP) is 1.54. The van der Waals surface area contributed by atoms with Crippen LogP contribution in [0.5, 0.6) is 0 Å². The number of likely N-dealkylation sites (tertiary alicyclic amines) is 2. The van der Waals surface area contributed by atoms with Crippen molar-refractivity contribution >= 4 is 0 Å². The molecule has 2 aliphatic heterocycles. The quantitative estimate of drug-likeness (QED) is 0.815. The lowest BCUT2D eigenvalue weighted by Gasteiger charge is -2.32. The fourth-order valence-electron chi connectivity index (χ4n) is 2.65. The fraction of sp³-hybridized carbons (Fsp3) is 1.00. The highest BCUT2D eigenvalue weighted by Gasteiger charge is 2.16. The van der Waals surface area contributed by atoms with Crippen molar-refractivity contribution in [3.05, 3.63) is 0 Å². The van der Waals surface area contributed by atoms with Crippen LogP contribution >= 0.6 is 0 Å². The SMILES string of the molecule is CN1CCCC(O)C1.COCN1CCCCC1C. The average molecular weight is 258 g/mol. The number of methoxy groups -OCH3 is 1. The molecule has 2 fully saturated rings. The van der Waals surface area contributed by atoms with Gasteiger partial charge < -0.3 is 14.7 Å². The normalized spacial score (nSPS) is 30.7. The summed E-state index contributed by atoms with van der Waals surface area (Å²) in [6, 6.07) is 0.730. The van der Waals surface area contributed by atoms with E-state index in [1.165, 1.54) is 25.8 Å². The summed E-state index contributed by atoms with van der Waals surface area (Å²) in [5.41, 5.74) is 0. The van der Waals surface area contributed by atoms with E-state index in [1.54, 1.807) is 7.11 Å². The van der Waals surface area contributed by atoms with Crippen LogP contribution in [0.1, 0.15) is 39.0 Å². The first-order chi connectivity index (χ1) is 8.63. The maximum atomic E-state index is 9.04. The first kappa shape index (κ1) is 15.9. The third-order valence-corrected chi connectivity index (χ3v) is 3.84. The predicted molar refractivity (Wildman–Crippen MR) is 74.6 cm³/mol. The fourth-order valence-corrected chi connectivity index (χ4v) is 2.65. The third-order valence-electron chi connectivity index (χ3n) is 3.84. The number of hydrogen-bond donors (Lipinski definition) is 1. The van der Waals surface area contributed by atoms with E-state index in [1.807, 2.05) is 7.05 Å². The Morgan fingerprint density at radius 2 is 1.94 bits per heavy atom. The van der Waals surface area contributed by atoms with E-state index in [0.29, 0.717) is 0 Å². The summed E-state index contributed by atoms with van der Waals surface area (Å²) in [4.78, 5) is 4.55. The molecule has 18 heavy (non-hydrogen) atoms. The van der Waals surface area contributed by atoms with Gasteiger partial charge in [-0.05, 0) is 46.2 Å². The third kappa shape index (κ3) is 6.14. The Kier molecular flexibility index (Phi) is 7.82. The number of β-amino-alcohol motifs (C(OH)–C–C–N with tert-alkyl or cyclic N) is 1. The van der Waals surface area contributed by atoms with Crippen LogP contribution in [0.2, 0.25) is 0 Å². The maximum absolute atomic E-state index is 9.04. The molecule has 2 rings (SSSR count). The number of aliphatic hydroxyl groups excluding tert-OH is 1. The van der Waals surface area contributed by atoms with Gasteiger partial charge in [0, 0.05) is 26.2 Å². The topological polar surface area (TPSA) is 35.9 Å². The Morgan fingerprint density at radius 3 is 2.44 bits per heavy atom. The molecule has 0 bridgehead atoms. The molecule has 0 radical (unpaired) electrons. The smallest absolute Gasteiger partial charge is 0.0988 e. The molecule has 0 aromatic rings. The zero-order chi connectivity index (χ0) is 13.4. The lowest BCUT2D eigenvalue weighted by atomic mass is 10.1. The molecular weight excluding hydrogens is 228 g/mol. The van der Waals surface area contributed by atoms with Crippen molar-refractivity contribution in [1.29, 1.82) is 0 Å². The number of ether oxygens (including phenoxy) is 1. The van der Waals surface area contributed by atoms with Crippen LogP contribution in [0.3, 0.4) is 0 Å². The Hall–Kier alpha value is -0.160. The molecule has 2 aliphatic rings. The minimum atomic E-state index is -0.0613. The molecule has 0 amide bonds. The second kappa shape index (κ2) is 8.86. The van der Waals surface area contributed by atoms with E-state index in [0.717, 1.165) is 38.7 Å². The monoisotopic (exact) mass is 258 g/mol. The summed E-state index contributed by atoms with van der Waals surface area (Å²) >= 11 is 0. The van der Waals surface area contributed by atoms with Gasteiger partial charge in [0.1, 0.15) is 0 Å². The Bertz CT molecular complexity index is 204. The number of piperidine rings is 2. The molecule has 2 heterocycles. The highest BCUT2D eigenvalue weighted by Crippen LogP contribution is 2.15. The largest absolute Gasteiger partial charge is 0.392 e. The van der Waals surface area contributed by atoms with Crippen LogP contribution in [0.15, 0.2) is 0 Å². The summed E-state index contributed by atoms with van der Waals surface area (Å²) < 4.78 is 5.08. The molecule has 0 aliphatic carbocycles. The summed E-state index contributed by atoms with van der Waals surface area (Å²) in [5.74, 6) is 0. The van der Waals surface area contributed by atoms with Crippen LogP contribution in [0, 0.1) is 0 Å². The number of aliphatic hydroxyl groups is 1. The van der Waals surface area contributed by atoms with E-state index >= 15 is 0 Å². The lowest BCUT2D eigenvalue weighted by Crippen LogP contribution is -2.38. The summed E-state index contributed by atoms with van der Waals surface area (Å²) in [7, 11) is 3.81. The van der Waals surface area contributed by atoms with Gasteiger partial charge in [0.05, 0.1) is 12.8 Å². The van der Waals surface area contributed by atoms with Crippen LogP contribution in [-0.2, 0) is 4.74 Å². The van der Waals surface area contributed by atoms with Crippen molar-refractivity contribution in [2.24, 2.45) is 0 Å². The van der Waals surface area contributed by atoms with Crippen LogP contribution < -0.4 is 0 Å². The first-order valence-corrected chi connectivity index (χ1v) is 7.23. The first-order valence-electron chi connectivity index (χ1n) is 7.23. The van der Waals surface area contributed by atoms with Crippen molar-refractivity contribution in [1.82, 2.24) is 9.80 Å². The Balaban J connectivity index is 0.000000184. The number of hydrogen-bond acceptors (Lipinski definition) is 4. The van der Waals surface area contributed by atoms with E-state index in [2.05, 4.69) is 16.7 Å². The molecular formula is C14H30N2O2. The van der Waals surface area contributed by atoms with Crippen LogP contribution in [0.4, 0.5) is 0 Å². The Labute approximate surface area is 112 Å². The minimum absolute atomic E-state index is 0.0613. The zero-order valence-corrected chi connectivity index (χ0v) is 12.3. The second-order valence-corrected chi connectivity index (χ2v) is 5.63. The molecule has 4 heteroatoms. The van der Waals surface area contributed by atoms with Crippen LogP contribution in [0.25, 0.3) is 0 Å². The van der Waals surface area contributed by atoms with Gasteiger partial charge in [-0.2, -0.15) is 0 Å². The van der Waals surface area contributed by atoms with E-state index < -0.39 is 0 Å². The number of rotatable bonds is 2. The zero-order valence-electron chi connectivity index (χ0n) is 12.3. The molecule has 2 saturated heterocycles. The van der Waals surface area contributed by atoms with Crippen molar-refractivity contribution in [3.8, 4) is 0 Å². The minimum Gasteiger partial charge on any atom is -0.392 e. The van der Waals surface area contributed by atoms with E-state index in [4.69, 9.17) is 9.84 Å². The summed E-state index contributed by atoms with van der Waals surface area (Å²) in [6.45, 7) is 6.31. The van der Waals surface area contributed by atoms with Gasteiger partial charge in [0.2, 0.25) is 0 Å². The highest BCUT2D eigenvalue weighted by molar-refractivity contribution is 4.70. The molecule has 0 aromatic heterocycles. The van der Waals surface area contributed by atoms with Gasteiger partial charge in [-0.15, -0.1) is 0 Å². The van der Waals surface area contributed by atoms with E-state index in [9.17, 15) is 0 Å². The van der Waals surface area contributed by atoms with Gasteiger partial charge in [-0.3, -0.25) is 4.90 Å². The van der Waals surface area contributed by atoms with E-state index in [-0.39, 0.29) is 6.10 Å². The van der Waals surface area contributed by atoms with Gasteiger partial charge in [0.15, 0.2) is 0 Å². The average Bonchev–Trinajstić information content (AvgIpc) is 2.33. The molecule has 2 atom stereocenters. The van der Waals surface area contributed by atoms with Crippen molar-refractivity contribution in [2.75, 3.05) is 40.5 Å². The van der Waals surface area contributed by atoms with Crippen molar-refractivity contribution < 1.29 is 9.84 Å². The van der Waals surface area contributed by atoms with Gasteiger partial charge in [-0.25, -0.2) is 0 Å². The molecule has 0 saturated carbocycles.